The topological polar surface area (TPSA) is 47.6 Å². The van der Waals surface area contributed by atoms with Gasteiger partial charge < -0.3 is 14.8 Å². The van der Waals surface area contributed by atoms with Crippen LogP contribution in [0.5, 0.6) is 5.75 Å². The van der Waals surface area contributed by atoms with Crippen molar-refractivity contribution in [1.82, 2.24) is 5.32 Å². The molecule has 0 aromatic heterocycles. The lowest BCUT2D eigenvalue weighted by Crippen LogP contribution is -2.19. The molecule has 0 radical (unpaired) electrons. The van der Waals surface area contributed by atoms with E-state index in [4.69, 9.17) is 16.3 Å². The van der Waals surface area contributed by atoms with Crippen LogP contribution in [0, 0.1) is 0 Å². The largest absolute Gasteiger partial charge is 0.493 e. The molecule has 0 bridgehead atoms. The average Bonchev–Trinajstić information content (AvgIpc) is 2.40. The molecule has 4 nitrogen and oxygen atoms in total. The van der Waals surface area contributed by atoms with Crippen molar-refractivity contribution in [2.45, 2.75) is 26.3 Å². The molecule has 0 heterocycles. The van der Waals surface area contributed by atoms with Gasteiger partial charge in [0.15, 0.2) is 0 Å². The van der Waals surface area contributed by atoms with Crippen molar-refractivity contribution in [1.29, 1.82) is 0 Å². The molecular formula is C14H20ClNO3. The summed E-state index contributed by atoms with van der Waals surface area (Å²) in [5.41, 5.74) is 0.985. The zero-order chi connectivity index (χ0) is 14.3. The first-order valence-corrected chi connectivity index (χ1v) is 6.68. The van der Waals surface area contributed by atoms with Gasteiger partial charge in [-0.05, 0) is 31.7 Å². The zero-order valence-electron chi connectivity index (χ0n) is 11.5. The molecule has 0 saturated heterocycles. The van der Waals surface area contributed by atoms with Crippen molar-refractivity contribution < 1.29 is 14.3 Å². The third-order valence-corrected chi connectivity index (χ3v) is 2.98. The van der Waals surface area contributed by atoms with Gasteiger partial charge in [0.2, 0.25) is 0 Å². The molecule has 1 unspecified atom stereocenters. The van der Waals surface area contributed by atoms with Crippen LogP contribution in [0.3, 0.4) is 0 Å². The van der Waals surface area contributed by atoms with E-state index in [2.05, 4.69) is 10.1 Å². The summed E-state index contributed by atoms with van der Waals surface area (Å²) in [4.78, 5) is 11.0. The number of hydrogen-bond acceptors (Lipinski definition) is 4. The van der Waals surface area contributed by atoms with Crippen LogP contribution in [0.2, 0.25) is 5.02 Å². The number of hydrogen-bond donors (Lipinski definition) is 1. The van der Waals surface area contributed by atoms with Crippen LogP contribution in [0.25, 0.3) is 0 Å². The van der Waals surface area contributed by atoms with Gasteiger partial charge in [-0.3, -0.25) is 4.79 Å². The van der Waals surface area contributed by atoms with Crippen molar-refractivity contribution >= 4 is 17.6 Å². The van der Waals surface area contributed by atoms with E-state index in [9.17, 15) is 4.79 Å². The fraction of sp³-hybridized carbons (Fsp3) is 0.500. The highest BCUT2D eigenvalue weighted by atomic mass is 35.5. The van der Waals surface area contributed by atoms with E-state index in [1.165, 1.54) is 7.11 Å². The van der Waals surface area contributed by atoms with E-state index >= 15 is 0 Å². The number of nitrogens with one attached hydrogen (secondary N) is 1. The molecule has 0 fully saturated rings. The summed E-state index contributed by atoms with van der Waals surface area (Å²) in [5, 5.41) is 3.98. The Balaban J connectivity index is 2.73. The zero-order valence-corrected chi connectivity index (χ0v) is 12.3. The molecule has 0 aliphatic carbocycles. The molecule has 19 heavy (non-hydrogen) atoms. The number of halogens is 1. The molecule has 1 rings (SSSR count). The van der Waals surface area contributed by atoms with Crippen LogP contribution in [0.1, 0.15) is 31.9 Å². The highest BCUT2D eigenvalue weighted by molar-refractivity contribution is 6.30. The normalized spacial score (nSPS) is 12.0. The van der Waals surface area contributed by atoms with Crippen molar-refractivity contribution in [3.05, 3.63) is 28.8 Å². The summed E-state index contributed by atoms with van der Waals surface area (Å²) in [6.07, 6.45) is 0.230. The van der Waals surface area contributed by atoms with E-state index in [0.717, 1.165) is 17.9 Å². The van der Waals surface area contributed by atoms with Crippen LogP contribution in [0.4, 0.5) is 0 Å². The average molecular weight is 286 g/mol. The van der Waals surface area contributed by atoms with Gasteiger partial charge in [-0.15, -0.1) is 0 Å². The minimum atomic E-state index is -0.282. The van der Waals surface area contributed by atoms with Crippen LogP contribution in [-0.4, -0.2) is 26.2 Å². The summed E-state index contributed by atoms with van der Waals surface area (Å²) in [7, 11) is 1.36. The van der Waals surface area contributed by atoms with E-state index in [0.29, 0.717) is 11.6 Å². The van der Waals surface area contributed by atoms with Gasteiger partial charge in [-0.1, -0.05) is 18.5 Å². The quantitative estimate of drug-likeness (QED) is 0.783. The van der Waals surface area contributed by atoms with Gasteiger partial charge in [0.05, 0.1) is 20.1 Å². The molecule has 0 spiro atoms. The molecule has 1 aromatic rings. The van der Waals surface area contributed by atoms with Crippen LogP contribution < -0.4 is 10.1 Å². The molecule has 106 valence electrons. The standard InChI is InChI=1S/C14H20ClNO3/c1-4-16-10(2)12-9-11(15)5-6-13(12)19-8-7-14(17)18-3/h5-6,9-10,16H,4,7-8H2,1-3H3. The summed E-state index contributed by atoms with van der Waals surface area (Å²) in [6, 6.07) is 5.61. The van der Waals surface area contributed by atoms with Gasteiger partial charge in [-0.25, -0.2) is 0 Å². The van der Waals surface area contributed by atoms with E-state index in [1.54, 1.807) is 6.07 Å². The second-order valence-electron chi connectivity index (χ2n) is 4.14. The SMILES string of the molecule is CCNC(C)c1cc(Cl)ccc1OCCC(=O)OC. The lowest BCUT2D eigenvalue weighted by molar-refractivity contribution is -0.141. The Labute approximate surface area is 119 Å². The number of carbonyl (C=O) groups is 1. The number of rotatable bonds is 7. The Bertz CT molecular complexity index is 423. The minimum Gasteiger partial charge on any atom is -0.493 e. The van der Waals surface area contributed by atoms with Crippen LogP contribution >= 0.6 is 11.6 Å². The predicted molar refractivity (Wildman–Crippen MR) is 75.7 cm³/mol. The summed E-state index contributed by atoms with van der Waals surface area (Å²) in [5.74, 6) is 0.456. The number of esters is 1. The van der Waals surface area contributed by atoms with Crippen molar-refractivity contribution in [3.63, 3.8) is 0 Å². The Kier molecular flexibility index (Phi) is 6.67. The first-order chi connectivity index (χ1) is 9.08. The third-order valence-electron chi connectivity index (χ3n) is 2.74. The maximum atomic E-state index is 11.0. The Hall–Kier alpha value is -1.26. The van der Waals surface area contributed by atoms with Crippen molar-refractivity contribution in [3.8, 4) is 5.75 Å². The summed E-state index contributed by atoms with van der Waals surface area (Å²) >= 11 is 6.01. The monoisotopic (exact) mass is 285 g/mol. The van der Waals surface area contributed by atoms with Crippen LogP contribution in [-0.2, 0) is 9.53 Å². The Morgan fingerprint density at radius 2 is 2.21 bits per heavy atom. The molecule has 0 aliphatic rings. The third kappa shape index (κ3) is 5.09. The minimum absolute atomic E-state index is 0.136. The number of methoxy groups -OCH3 is 1. The lowest BCUT2D eigenvalue weighted by Gasteiger charge is -2.18. The maximum Gasteiger partial charge on any atom is 0.308 e. The molecule has 0 saturated carbocycles. The summed E-state index contributed by atoms with van der Waals surface area (Å²) < 4.78 is 10.2. The number of benzene rings is 1. The highest BCUT2D eigenvalue weighted by Crippen LogP contribution is 2.28. The van der Waals surface area contributed by atoms with Gasteiger partial charge in [0.25, 0.3) is 0 Å². The van der Waals surface area contributed by atoms with Crippen molar-refractivity contribution in [2.75, 3.05) is 20.3 Å². The summed E-state index contributed by atoms with van der Waals surface area (Å²) in [6.45, 7) is 5.23. The Morgan fingerprint density at radius 1 is 1.47 bits per heavy atom. The first kappa shape index (κ1) is 15.8. The highest BCUT2D eigenvalue weighted by Gasteiger charge is 2.12. The first-order valence-electron chi connectivity index (χ1n) is 6.31. The molecule has 1 N–H and O–H groups in total. The van der Waals surface area contributed by atoms with Crippen molar-refractivity contribution in [2.24, 2.45) is 0 Å². The molecule has 0 amide bonds. The van der Waals surface area contributed by atoms with E-state index < -0.39 is 0 Å². The fourth-order valence-corrected chi connectivity index (χ4v) is 1.93. The smallest absolute Gasteiger partial charge is 0.308 e. The molecule has 5 heteroatoms. The van der Waals surface area contributed by atoms with Gasteiger partial charge in [0, 0.05) is 16.6 Å². The van der Waals surface area contributed by atoms with Gasteiger partial charge in [-0.2, -0.15) is 0 Å². The van der Waals surface area contributed by atoms with E-state index in [1.807, 2.05) is 26.0 Å². The maximum absolute atomic E-state index is 11.0. The van der Waals surface area contributed by atoms with Gasteiger partial charge >= 0.3 is 5.97 Å². The second kappa shape index (κ2) is 8.02. The lowest BCUT2D eigenvalue weighted by atomic mass is 10.1. The number of ether oxygens (including phenoxy) is 2. The molecule has 1 aromatic carbocycles. The van der Waals surface area contributed by atoms with E-state index in [-0.39, 0.29) is 18.4 Å². The predicted octanol–water partition coefficient (Wildman–Crippen LogP) is 2.95. The molecular weight excluding hydrogens is 266 g/mol. The molecule has 1 atom stereocenters. The number of carbonyl (C=O) groups excluding carboxylic acids is 1. The molecule has 0 aliphatic heterocycles. The fourth-order valence-electron chi connectivity index (χ4n) is 1.75. The second-order valence-corrected chi connectivity index (χ2v) is 4.57. The van der Waals surface area contributed by atoms with Crippen LogP contribution in [0.15, 0.2) is 18.2 Å². The Morgan fingerprint density at radius 3 is 2.84 bits per heavy atom. The van der Waals surface area contributed by atoms with Gasteiger partial charge in [0.1, 0.15) is 5.75 Å².